The Labute approximate surface area is 443 Å². The molecule has 0 rings (SSSR count). The molecule has 0 bridgehead atoms. The summed E-state index contributed by atoms with van der Waals surface area (Å²) in [6.45, 7) is 4.92. The van der Waals surface area contributed by atoms with Crippen LogP contribution in [-0.4, -0.2) is 47.4 Å². The largest absolute Gasteiger partial charge is 0.466 e. The van der Waals surface area contributed by atoms with Gasteiger partial charge >= 0.3 is 5.97 Å². The number of nitrogens with one attached hydrogen (secondary N) is 1. The third kappa shape index (κ3) is 57.5. The van der Waals surface area contributed by atoms with Gasteiger partial charge in [0.25, 0.3) is 0 Å². The molecule has 0 aromatic rings. The van der Waals surface area contributed by atoms with Crippen molar-refractivity contribution in [3.05, 3.63) is 24.3 Å². The number of carbonyl (C=O) groups excluding carboxylic acids is 2. The molecule has 71 heavy (non-hydrogen) atoms. The fourth-order valence-electron chi connectivity index (χ4n) is 10.0. The van der Waals surface area contributed by atoms with Crippen molar-refractivity contribution in [1.82, 2.24) is 5.32 Å². The number of carbonyl (C=O) groups is 2. The molecule has 0 aliphatic rings. The summed E-state index contributed by atoms with van der Waals surface area (Å²) >= 11 is 0. The number of ether oxygens (including phenoxy) is 1. The first-order valence-corrected chi connectivity index (χ1v) is 32.1. The van der Waals surface area contributed by atoms with E-state index in [1.807, 2.05) is 6.08 Å². The Morgan fingerprint density at radius 1 is 0.380 bits per heavy atom. The molecule has 6 heteroatoms. The van der Waals surface area contributed by atoms with Gasteiger partial charge in [-0.25, -0.2) is 0 Å². The number of aliphatic hydroxyl groups is 2. The van der Waals surface area contributed by atoms with Gasteiger partial charge in [0.1, 0.15) is 0 Å². The minimum Gasteiger partial charge on any atom is -0.466 e. The molecule has 0 radical (unpaired) electrons. The summed E-state index contributed by atoms with van der Waals surface area (Å²) in [5.41, 5.74) is 0. The molecular weight excluding hydrogens is 875 g/mol. The van der Waals surface area contributed by atoms with E-state index < -0.39 is 12.1 Å². The van der Waals surface area contributed by atoms with Crippen LogP contribution in [0, 0.1) is 0 Å². The second kappa shape index (κ2) is 60.9. The Hall–Kier alpha value is -1.66. The van der Waals surface area contributed by atoms with Gasteiger partial charge in [-0.1, -0.05) is 308 Å². The Morgan fingerprint density at radius 2 is 0.662 bits per heavy atom. The van der Waals surface area contributed by atoms with Crippen molar-refractivity contribution in [1.29, 1.82) is 0 Å². The van der Waals surface area contributed by atoms with Crippen LogP contribution in [0.25, 0.3) is 0 Å². The molecule has 0 fully saturated rings. The summed E-state index contributed by atoms with van der Waals surface area (Å²) in [4.78, 5) is 24.6. The number of hydrogen-bond acceptors (Lipinski definition) is 5. The maximum atomic E-state index is 12.5. The van der Waals surface area contributed by atoms with Crippen molar-refractivity contribution in [2.45, 2.75) is 366 Å². The molecule has 0 spiro atoms. The lowest BCUT2D eigenvalue weighted by molar-refractivity contribution is -0.143. The number of esters is 1. The highest BCUT2D eigenvalue weighted by Gasteiger charge is 2.18. The Morgan fingerprint density at radius 3 is 1.00 bits per heavy atom. The van der Waals surface area contributed by atoms with Gasteiger partial charge in [0.05, 0.1) is 25.4 Å². The standard InChI is InChI=1S/C65H125NO5/c1-3-5-7-9-11-13-15-17-19-20-23-27-31-35-39-43-47-51-55-59-65(70)71-60-56-52-48-44-40-36-32-28-25-22-21-24-26-30-34-38-42-46-50-54-58-64(69)66-62(61-67)63(68)57-53-49-45-41-37-33-29-18-16-14-12-10-8-6-4-2/h17,19,53,57,62-63,67-68H,3-16,18,20-52,54-56,58-61H2,1-2H3,(H,66,69)/b19-17-,57-53+. The fraction of sp³-hybridized carbons (Fsp3) is 0.908. The predicted molar refractivity (Wildman–Crippen MR) is 310 cm³/mol. The molecule has 3 N–H and O–H groups in total. The molecule has 0 saturated heterocycles. The van der Waals surface area contributed by atoms with Crippen LogP contribution in [-0.2, 0) is 14.3 Å². The second-order valence-corrected chi connectivity index (χ2v) is 22.1. The second-order valence-electron chi connectivity index (χ2n) is 22.1. The molecule has 420 valence electrons. The van der Waals surface area contributed by atoms with Gasteiger partial charge < -0.3 is 20.3 Å². The van der Waals surface area contributed by atoms with Crippen LogP contribution in [0.1, 0.15) is 354 Å². The lowest BCUT2D eigenvalue weighted by Crippen LogP contribution is -2.45. The molecular formula is C65H125NO5. The zero-order chi connectivity index (χ0) is 51.4. The summed E-state index contributed by atoms with van der Waals surface area (Å²) in [6.07, 6.45) is 75.1. The van der Waals surface area contributed by atoms with E-state index in [2.05, 4.69) is 31.3 Å². The normalized spacial score (nSPS) is 12.7. The summed E-state index contributed by atoms with van der Waals surface area (Å²) < 4.78 is 5.50. The highest BCUT2D eigenvalue weighted by atomic mass is 16.5. The number of aliphatic hydroxyl groups excluding tert-OH is 2. The van der Waals surface area contributed by atoms with Crippen LogP contribution in [0.4, 0.5) is 0 Å². The Kier molecular flexibility index (Phi) is 59.5. The van der Waals surface area contributed by atoms with E-state index in [0.717, 1.165) is 44.9 Å². The van der Waals surface area contributed by atoms with Crippen molar-refractivity contribution in [3.63, 3.8) is 0 Å². The summed E-state index contributed by atoms with van der Waals surface area (Å²) in [5.74, 6) is -0.0579. The Balaban J connectivity index is 3.39. The molecule has 0 heterocycles. The van der Waals surface area contributed by atoms with Gasteiger partial charge in [0.15, 0.2) is 0 Å². The molecule has 1 amide bonds. The third-order valence-corrected chi connectivity index (χ3v) is 15.0. The average molecular weight is 1000 g/mol. The van der Waals surface area contributed by atoms with Gasteiger partial charge in [0.2, 0.25) is 5.91 Å². The maximum absolute atomic E-state index is 12.5. The molecule has 0 aromatic carbocycles. The van der Waals surface area contributed by atoms with E-state index in [4.69, 9.17) is 4.74 Å². The first kappa shape index (κ1) is 69.3. The lowest BCUT2D eigenvalue weighted by Gasteiger charge is -2.20. The number of unbranched alkanes of at least 4 members (excludes halogenated alkanes) is 47. The summed E-state index contributed by atoms with van der Waals surface area (Å²) in [5, 5.41) is 23.1. The first-order chi connectivity index (χ1) is 35.0. The highest BCUT2D eigenvalue weighted by molar-refractivity contribution is 5.76. The molecule has 0 saturated carbocycles. The van der Waals surface area contributed by atoms with Crippen LogP contribution >= 0.6 is 0 Å². The predicted octanol–water partition coefficient (Wildman–Crippen LogP) is 20.2. The van der Waals surface area contributed by atoms with Gasteiger partial charge in [-0.05, 0) is 57.8 Å². The van der Waals surface area contributed by atoms with E-state index in [9.17, 15) is 19.8 Å². The third-order valence-electron chi connectivity index (χ3n) is 15.0. The van der Waals surface area contributed by atoms with E-state index >= 15 is 0 Å². The molecule has 0 aliphatic carbocycles. The molecule has 6 nitrogen and oxygen atoms in total. The minimum absolute atomic E-state index is 0.0100. The van der Waals surface area contributed by atoms with E-state index in [0.29, 0.717) is 19.4 Å². The number of hydrogen-bond donors (Lipinski definition) is 3. The number of amides is 1. The van der Waals surface area contributed by atoms with E-state index in [1.165, 1.54) is 283 Å². The number of allylic oxidation sites excluding steroid dienone is 3. The smallest absolute Gasteiger partial charge is 0.305 e. The highest BCUT2D eigenvalue weighted by Crippen LogP contribution is 2.18. The van der Waals surface area contributed by atoms with Crippen LogP contribution in [0.15, 0.2) is 24.3 Å². The molecule has 0 aromatic heterocycles. The van der Waals surface area contributed by atoms with E-state index in [-0.39, 0.29) is 18.5 Å². The molecule has 2 atom stereocenters. The molecule has 0 aliphatic heterocycles. The van der Waals surface area contributed by atoms with Crippen LogP contribution in [0.5, 0.6) is 0 Å². The van der Waals surface area contributed by atoms with Crippen molar-refractivity contribution in [3.8, 4) is 0 Å². The summed E-state index contributed by atoms with van der Waals surface area (Å²) in [7, 11) is 0. The van der Waals surface area contributed by atoms with Crippen molar-refractivity contribution >= 4 is 11.9 Å². The lowest BCUT2D eigenvalue weighted by atomic mass is 10.0. The van der Waals surface area contributed by atoms with E-state index in [1.54, 1.807) is 6.08 Å². The van der Waals surface area contributed by atoms with Gasteiger partial charge in [-0.15, -0.1) is 0 Å². The molecule has 2 unspecified atom stereocenters. The van der Waals surface area contributed by atoms with Crippen LogP contribution in [0.2, 0.25) is 0 Å². The SMILES string of the molecule is CCCCCCCC/C=C\CCCCCCCCCCCC(=O)OCCCCCCCCCCCCCCCCCCCCCCC(=O)NC(CO)C(O)/C=C/CCCCCCCCCCCCCCC. The zero-order valence-electron chi connectivity index (χ0n) is 48.0. The summed E-state index contributed by atoms with van der Waals surface area (Å²) in [6, 6.07) is -0.629. The van der Waals surface area contributed by atoms with Crippen LogP contribution < -0.4 is 5.32 Å². The van der Waals surface area contributed by atoms with Gasteiger partial charge in [0, 0.05) is 12.8 Å². The fourth-order valence-corrected chi connectivity index (χ4v) is 10.0. The van der Waals surface area contributed by atoms with Crippen molar-refractivity contribution in [2.24, 2.45) is 0 Å². The van der Waals surface area contributed by atoms with Crippen LogP contribution in [0.3, 0.4) is 0 Å². The Bertz CT molecular complexity index is 1110. The minimum atomic E-state index is -0.845. The van der Waals surface area contributed by atoms with Gasteiger partial charge in [-0.3, -0.25) is 9.59 Å². The number of rotatable bonds is 60. The van der Waals surface area contributed by atoms with Crippen molar-refractivity contribution in [2.75, 3.05) is 13.2 Å². The average Bonchev–Trinajstić information content (AvgIpc) is 3.37. The quantitative estimate of drug-likeness (QED) is 0.0320. The first-order valence-electron chi connectivity index (χ1n) is 32.1. The topological polar surface area (TPSA) is 95.9 Å². The zero-order valence-corrected chi connectivity index (χ0v) is 48.0. The van der Waals surface area contributed by atoms with Crippen molar-refractivity contribution < 1.29 is 24.5 Å². The monoisotopic (exact) mass is 1000 g/mol. The van der Waals surface area contributed by atoms with Gasteiger partial charge in [-0.2, -0.15) is 0 Å². The maximum Gasteiger partial charge on any atom is 0.305 e.